The maximum atomic E-state index is 9.94. The van der Waals surface area contributed by atoms with Gasteiger partial charge in [0.1, 0.15) is 0 Å². The van der Waals surface area contributed by atoms with Gasteiger partial charge >= 0.3 is 0 Å². The van der Waals surface area contributed by atoms with E-state index in [1.807, 2.05) is 12.1 Å². The third-order valence-electron chi connectivity index (χ3n) is 10.6. The first-order chi connectivity index (χ1) is 26.3. The number of nitrogens with zero attached hydrogens (tertiary/aromatic N) is 2. The molecule has 0 aliphatic carbocycles. The van der Waals surface area contributed by atoms with Crippen molar-refractivity contribution < 1.29 is 0 Å². The Hall–Kier alpha value is -7.21. The molecule has 1 aromatic heterocycles. The van der Waals surface area contributed by atoms with E-state index in [1.54, 1.807) is 0 Å². The van der Waals surface area contributed by atoms with E-state index in [9.17, 15) is 5.26 Å². The maximum Gasteiger partial charge on any atom is 0.0992 e. The van der Waals surface area contributed by atoms with Crippen molar-refractivity contribution in [1.82, 2.24) is 4.57 Å². The zero-order valence-electron chi connectivity index (χ0n) is 28.9. The number of aromatic nitrogens is 1. The molecule has 0 radical (unpaired) electrons. The summed E-state index contributed by atoms with van der Waals surface area (Å²) in [7, 11) is 0. The molecule has 53 heavy (non-hydrogen) atoms. The van der Waals surface area contributed by atoms with Gasteiger partial charge in [0, 0.05) is 16.3 Å². The van der Waals surface area contributed by atoms with Crippen LogP contribution in [0.15, 0.2) is 194 Å². The molecule has 0 saturated carbocycles. The fraction of sp³-hybridized carbons (Fsp3) is 0. The van der Waals surface area contributed by atoms with Crippen LogP contribution in [-0.4, -0.2) is 4.57 Å². The van der Waals surface area contributed by atoms with E-state index in [0.29, 0.717) is 5.56 Å². The van der Waals surface area contributed by atoms with Crippen molar-refractivity contribution in [1.29, 1.82) is 5.26 Å². The minimum absolute atomic E-state index is 0.635. The molecular formula is C51H32N2. The molecule has 0 fully saturated rings. The average molecular weight is 673 g/mol. The second kappa shape index (κ2) is 12.5. The largest absolute Gasteiger partial charge is 0.309 e. The summed E-state index contributed by atoms with van der Waals surface area (Å²) in [6.45, 7) is 0. The van der Waals surface area contributed by atoms with Crippen molar-refractivity contribution in [2.75, 3.05) is 0 Å². The molecule has 10 rings (SSSR count). The molecular weight excluding hydrogens is 641 g/mol. The summed E-state index contributed by atoms with van der Waals surface area (Å²) in [5.41, 5.74) is 13.3. The summed E-state index contributed by atoms with van der Waals surface area (Å²) in [5.74, 6) is 0. The van der Waals surface area contributed by atoms with Crippen molar-refractivity contribution >= 4 is 43.4 Å². The Morgan fingerprint density at radius 3 is 1.40 bits per heavy atom. The van der Waals surface area contributed by atoms with Crippen LogP contribution in [0.5, 0.6) is 0 Å². The van der Waals surface area contributed by atoms with Gasteiger partial charge in [-0.3, -0.25) is 0 Å². The van der Waals surface area contributed by atoms with Crippen LogP contribution >= 0.6 is 0 Å². The molecule has 246 valence electrons. The third kappa shape index (κ3) is 5.02. The Labute approximate surface area is 308 Å². The van der Waals surface area contributed by atoms with Crippen molar-refractivity contribution in [3.05, 3.63) is 200 Å². The van der Waals surface area contributed by atoms with Crippen LogP contribution in [0.1, 0.15) is 5.56 Å². The predicted molar refractivity (Wildman–Crippen MR) is 222 cm³/mol. The number of para-hydroxylation sites is 2. The van der Waals surface area contributed by atoms with Gasteiger partial charge in [0.05, 0.1) is 28.4 Å². The molecule has 0 spiro atoms. The predicted octanol–water partition coefficient (Wildman–Crippen LogP) is 13.6. The van der Waals surface area contributed by atoms with Gasteiger partial charge < -0.3 is 4.57 Å². The Kier molecular flexibility index (Phi) is 7.23. The second-order valence-electron chi connectivity index (χ2n) is 13.6. The molecule has 1 heterocycles. The highest BCUT2D eigenvalue weighted by Gasteiger charge is 2.18. The summed E-state index contributed by atoms with van der Waals surface area (Å²) in [6.07, 6.45) is 0. The van der Waals surface area contributed by atoms with Gasteiger partial charge in [-0.25, -0.2) is 0 Å². The first-order valence-electron chi connectivity index (χ1n) is 18.0. The Morgan fingerprint density at radius 1 is 0.340 bits per heavy atom. The molecule has 0 unspecified atom stereocenters. The maximum absolute atomic E-state index is 9.94. The van der Waals surface area contributed by atoms with Gasteiger partial charge in [0.2, 0.25) is 0 Å². The summed E-state index contributed by atoms with van der Waals surface area (Å²) in [5, 5.41) is 17.3. The fourth-order valence-electron chi connectivity index (χ4n) is 8.26. The lowest BCUT2D eigenvalue weighted by Gasteiger charge is -2.18. The number of rotatable bonds is 5. The van der Waals surface area contributed by atoms with Crippen LogP contribution in [0, 0.1) is 11.3 Å². The van der Waals surface area contributed by atoms with E-state index < -0.39 is 0 Å². The number of benzene rings is 9. The molecule has 0 atom stereocenters. The van der Waals surface area contributed by atoms with E-state index >= 15 is 0 Å². The standard InChI is InChI=1S/C51H32N2/c52-33-34-25-30-40(49(31-34)53-47-23-10-8-17-41(47)42-18-9-11-24-48(42)53)36-28-26-35(27-29-36)38-15-12-16-39(32-38)51-45-21-6-4-19-43(45)50(37-13-2-1-3-14-37)44-20-5-7-22-46(44)51/h1-32H. The normalized spacial score (nSPS) is 11.4. The average Bonchev–Trinajstić information content (AvgIpc) is 3.57. The molecule has 2 nitrogen and oxygen atoms in total. The summed E-state index contributed by atoms with van der Waals surface area (Å²) in [4.78, 5) is 0. The minimum atomic E-state index is 0.635. The smallest absolute Gasteiger partial charge is 0.0992 e. The van der Waals surface area contributed by atoms with E-state index in [-0.39, 0.29) is 0 Å². The molecule has 0 aliphatic heterocycles. The fourth-order valence-corrected chi connectivity index (χ4v) is 8.26. The van der Waals surface area contributed by atoms with E-state index in [2.05, 4.69) is 193 Å². The van der Waals surface area contributed by atoms with Crippen LogP contribution in [0.25, 0.3) is 93.5 Å². The van der Waals surface area contributed by atoms with Crippen molar-refractivity contribution in [2.24, 2.45) is 0 Å². The van der Waals surface area contributed by atoms with Crippen LogP contribution in [0.4, 0.5) is 0 Å². The molecule has 0 amide bonds. The molecule has 9 aromatic carbocycles. The Bertz CT molecular complexity index is 2940. The van der Waals surface area contributed by atoms with Gasteiger partial charge in [0.15, 0.2) is 0 Å². The topological polar surface area (TPSA) is 28.7 Å². The van der Waals surface area contributed by atoms with Gasteiger partial charge in [-0.2, -0.15) is 5.26 Å². The number of nitriles is 1. The van der Waals surface area contributed by atoms with Crippen LogP contribution in [-0.2, 0) is 0 Å². The van der Waals surface area contributed by atoms with Crippen molar-refractivity contribution in [3.63, 3.8) is 0 Å². The SMILES string of the molecule is N#Cc1ccc(-c2ccc(-c3cccc(-c4c5ccccc5c(-c5ccccc5)c5ccccc45)c3)cc2)c(-n2c3ccccc3c3ccccc32)c1. The van der Waals surface area contributed by atoms with E-state index in [4.69, 9.17) is 0 Å². The quantitative estimate of drug-likeness (QED) is 0.167. The van der Waals surface area contributed by atoms with Crippen LogP contribution in [0.2, 0.25) is 0 Å². The van der Waals surface area contributed by atoms with Gasteiger partial charge in [-0.1, -0.05) is 164 Å². The number of fused-ring (bicyclic) bond motifs is 5. The summed E-state index contributed by atoms with van der Waals surface area (Å²) >= 11 is 0. The molecule has 10 aromatic rings. The van der Waals surface area contributed by atoms with Gasteiger partial charge in [-0.15, -0.1) is 0 Å². The molecule has 0 saturated heterocycles. The second-order valence-corrected chi connectivity index (χ2v) is 13.6. The first-order valence-corrected chi connectivity index (χ1v) is 18.0. The highest BCUT2D eigenvalue weighted by Crippen LogP contribution is 2.44. The zero-order chi connectivity index (χ0) is 35.3. The first kappa shape index (κ1) is 30.6. The zero-order valence-corrected chi connectivity index (χ0v) is 28.9. The van der Waals surface area contributed by atoms with Crippen molar-refractivity contribution in [3.8, 4) is 56.3 Å². The highest BCUT2D eigenvalue weighted by molar-refractivity contribution is 6.21. The van der Waals surface area contributed by atoms with Crippen LogP contribution < -0.4 is 0 Å². The highest BCUT2D eigenvalue weighted by atomic mass is 15.0. The number of hydrogen-bond donors (Lipinski definition) is 0. The third-order valence-corrected chi connectivity index (χ3v) is 10.6. The van der Waals surface area contributed by atoms with Gasteiger partial charge in [-0.05, 0) is 90.8 Å². The molecule has 0 aliphatic rings. The lowest BCUT2D eigenvalue weighted by atomic mass is 9.85. The lowest BCUT2D eigenvalue weighted by Crippen LogP contribution is -1.98. The van der Waals surface area contributed by atoms with Gasteiger partial charge in [0.25, 0.3) is 0 Å². The Balaban J connectivity index is 1.10. The van der Waals surface area contributed by atoms with Crippen LogP contribution in [0.3, 0.4) is 0 Å². The lowest BCUT2D eigenvalue weighted by molar-refractivity contribution is 1.18. The van der Waals surface area contributed by atoms with E-state index in [0.717, 1.165) is 39.0 Å². The van der Waals surface area contributed by atoms with Crippen molar-refractivity contribution in [2.45, 2.75) is 0 Å². The summed E-state index contributed by atoms with van der Waals surface area (Å²) < 4.78 is 2.30. The number of hydrogen-bond acceptors (Lipinski definition) is 1. The molecule has 2 heteroatoms. The minimum Gasteiger partial charge on any atom is -0.309 e. The molecule has 0 bridgehead atoms. The monoisotopic (exact) mass is 672 g/mol. The Morgan fingerprint density at radius 2 is 0.811 bits per heavy atom. The van der Waals surface area contributed by atoms with E-state index in [1.165, 1.54) is 54.6 Å². The molecule has 0 N–H and O–H groups in total. The summed E-state index contributed by atoms with van der Waals surface area (Å²) in [6, 6.07) is 71.6.